The third-order valence-corrected chi connectivity index (χ3v) is 12.1. The highest BCUT2D eigenvalue weighted by Crippen LogP contribution is 2.21. The molecule has 0 saturated heterocycles. The number of hydrogen-bond donors (Lipinski definition) is 0. The summed E-state index contributed by atoms with van der Waals surface area (Å²) in [4.78, 5) is 13.6. The van der Waals surface area contributed by atoms with Crippen molar-refractivity contribution in [3.63, 3.8) is 0 Å². The first-order valence-corrected chi connectivity index (χ1v) is 21.6. The number of hydrogen-bond acceptors (Lipinski definition) is 5. The molecule has 262 valence electrons. The molecule has 0 aromatic rings. The van der Waals surface area contributed by atoms with Crippen LogP contribution in [-0.2, 0) is 18.1 Å². The molecule has 5 nitrogen and oxygen atoms in total. The quantitative estimate of drug-likeness (QED) is 0.0292. The highest BCUT2D eigenvalue weighted by molar-refractivity contribution is 6.60. The van der Waals surface area contributed by atoms with Crippen LogP contribution in [0.15, 0.2) is 4.99 Å². The van der Waals surface area contributed by atoms with Gasteiger partial charge in [0.2, 0.25) is 6.08 Å². The van der Waals surface area contributed by atoms with E-state index in [2.05, 4.69) is 4.99 Å². The smallest absolute Gasteiger partial charge is 0.374 e. The molecule has 0 atom stereocenters. The van der Waals surface area contributed by atoms with E-state index in [4.69, 9.17) is 13.3 Å². The summed E-state index contributed by atoms with van der Waals surface area (Å²) >= 11 is 0. The van der Waals surface area contributed by atoms with Gasteiger partial charge in [-0.3, -0.25) is 0 Å². The number of rotatable bonds is 38. The van der Waals surface area contributed by atoms with Gasteiger partial charge < -0.3 is 13.3 Å². The largest absolute Gasteiger partial charge is 0.500 e. The van der Waals surface area contributed by atoms with Crippen LogP contribution in [0.25, 0.3) is 0 Å². The van der Waals surface area contributed by atoms with E-state index in [1.54, 1.807) is 6.08 Å². The van der Waals surface area contributed by atoms with Gasteiger partial charge in [0.05, 0.1) is 6.54 Å². The minimum atomic E-state index is -2.43. The van der Waals surface area contributed by atoms with Crippen LogP contribution < -0.4 is 0 Å². The molecule has 0 radical (unpaired) electrons. The fourth-order valence-electron chi connectivity index (χ4n) is 6.35. The van der Waals surface area contributed by atoms with Gasteiger partial charge >= 0.3 is 8.80 Å². The van der Waals surface area contributed by atoms with Gasteiger partial charge in [-0.1, -0.05) is 173 Å². The lowest BCUT2D eigenvalue weighted by Gasteiger charge is -2.28. The summed E-state index contributed by atoms with van der Waals surface area (Å²) in [5, 5.41) is 0. The molecule has 6 heteroatoms. The van der Waals surface area contributed by atoms with Crippen molar-refractivity contribution in [1.29, 1.82) is 0 Å². The van der Waals surface area contributed by atoms with Gasteiger partial charge in [0.25, 0.3) is 0 Å². The number of carbonyl (C=O) groups excluding carboxylic acids is 1. The Kier molecular flexibility index (Phi) is 36.5. The second kappa shape index (κ2) is 36.9. The van der Waals surface area contributed by atoms with Gasteiger partial charge in [0.1, 0.15) is 0 Å². The Morgan fingerprint density at radius 3 is 0.841 bits per heavy atom. The SMILES string of the molecule is CCO[Si](CCCCCCCCCCCCCCCCCCCCCCCCCCCCCCCN=C=O)(OCC)OCC. The second-order valence-corrected chi connectivity index (χ2v) is 15.7. The lowest BCUT2D eigenvalue weighted by Crippen LogP contribution is -2.45. The topological polar surface area (TPSA) is 57.1 Å². The minimum Gasteiger partial charge on any atom is -0.374 e. The molecule has 0 heterocycles. The van der Waals surface area contributed by atoms with E-state index in [1.165, 1.54) is 180 Å². The van der Waals surface area contributed by atoms with E-state index in [0.29, 0.717) is 26.4 Å². The van der Waals surface area contributed by atoms with Crippen LogP contribution in [0.1, 0.15) is 207 Å². The van der Waals surface area contributed by atoms with Crippen LogP contribution in [0.4, 0.5) is 0 Å². The van der Waals surface area contributed by atoms with E-state index in [1.807, 2.05) is 20.8 Å². The Bertz CT molecular complexity index is 582. The first-order chi connectivity index (χ1) is 21.7. The number of unbranched alkanes of at least 4 members (excludes halogenated alkanes) is 28. The molecule has 0 aromatic heterocycles. The molecule has 0 unspecified atom stereocenters. The molecule has 0 aliphatic rings. The van der Waals surface area contributed by atoms with Crippen LogP contribution in [0.3, 0.4) is 0 Å². The van der Waals surface area contributed by atoms with Gasteiger partial charge in [-0.25, -0.2) is 9.79 Å². The van der Waals surface area contributed by atoms with Crippen molar-refractivity contribution in [3.8, 4) is 0 Å². The number of isocyanates is 1. The van der Waals surface area contributed by atoms with Crippen LogP contribution in [0.5, 0.6) is 0 Å². The van der Waals surface area contributed by atoms with Crippen molar-refractivity contribution in [2.75, 3.05) is 26.4 Å². The van der Waals surface area contributed by atoms with E-state index >= 15 is 0 Å². The fourth-order valence-corrected chi connectivity index (χ4v) is 9.04. The van der Waals surface area contributed by atoms with Crippen LogP contribution >= 0.6 is 0 Å². The van der Waals surface area contributed by atoms with Crippen LogP contribution in [0, 0.1) is 0 Å². The summed E-state index contributed by atoms with van der Waals surface area (Å²) in [7, 11) is -2.43. The maximum Gasteiger partial charge on any atom is 0.500 e. The van der Waals surface area contributed by atoms with Crippen molar-refractivity contribution in [3.05, 3.63) is 0 Å². The molecule has 0 N–H and O–H groups in total. The molecule has 0 aliphatic carbocycles. The lowest BCUT2D eigenvalue weighted by atomic mass is 10.0. The number of nitrogens with zero attached hydrogens (tertiary/aromatic N) is 1. The molecular weight excluding hydrogens is 563 g/mol. The molecule has 0 amide bonds. The average Bonchev–Trinajstić information content (AvgIpc) is 3.02. The fraction of sp³-hybridized carbons (Fsp3) is 0.974. The van der Waals surface area contributed by atoms with Crippen molar-refractivity contribution < 1.29 is 18.1 Å². The van der Waals surface area contributed by atoms with E-state index < -0.39 is 8.80 Å². The summed E-state index contributed by atoms with van der Waals surface area (Å²) in [6.07, 6.45) is 41.8. The summed E-state index contributed by atoms with van der Waals surface area (Å²) in [5.41, 5.74) is 0. The van der Waals surface area contributed by atoms with Crippen molar-refractivity contribution in [2.45, 2.75) is 213 Å². The van der Waals surface area contributed by atoms with Gasteiger partial charge in [-0.2, -0.15) is 0 Å². The standard InChI is InChI=1S/C38H77NO4Si/c1-4-41-44(42-5-2,43-6-3)37-35-33-31-29-27-25-23-21-19-17-15-13-11-9-7-8-10-12-14-16-18-20-22-24-26-28-30-32-34-36-39-38-40/h4-37H2,1-3H3. The first kappa shape index (κ1) is 43.5. The zero-order valence-electron chi connectivity index (χ0n) is 30.1. The number of aliphatic imine (C=N–C) groups is 1. The van der Waals surface area contributed by atoms with Crippen LogP contribution in [-0.4, -0.2) is 41.2 Å². The van der Waals surface area contributed by atoms with E-state index in [9.17, 15) is 4.79 Å². The van der Waals surface area contributed by atoms with Crippen LogP contribution in [0.2, 0.25) is 6.04 Å². The predicted octanol–water partition coefficient (Wildman–Crippen LogP) is 12.7. The Morgan fingerprint density at radius 2 is 0.614 bits per heavy atom. The molecule has 0 aromatic carbocycles. The summed E-state index contributed by atoms with van der Waals surface area (Å²) in [5.74, 6) is 0. The Labute approximate surface area is 276 Å². The summed E-state index contributed by atoms with van der Waals surface area (Å²) < 4.78 is 17.9. The zero-order valence-corrected chi connectivity index (χ0v) is 31.1. The molecule has 44 heavy (non-hydrogen) atoms. The van der Waals surface area contributed by atoms with Crippen molar-refractivity contribution in [2.24, 2.45) is 4.99 Å². The maximum absolute atomic E-state index is 10.0. The predicted molar refractivity (Wildman–Crippen MR) is 192 cm³/mol. The highest BCUT2D eigenvalue weighted by atomic mass is 28.4. The Hall–Kier alpha value is -0.523. The molecule has 0 fully saturated rings. The van der Waals surface area contributed by atoms with E-state index in [0.717, 1.165) is 12.5 Å². The normalized spacial score (nSPS) is 11.7. The summed E-state index contributed by atoms with van der Waals surface area (Å²) in [6.45, 7) is 8.83. The molecule has 0 aliphatic heterocycles. The Balaban J connectivity index is 3.24. The zero-order chi connectivity index (χ0) is 32.1. The lowest BCUT2D eigenvalue weighted by molar-refractivity contribution is 0.0706. The van der Waals surface area contributed by atoms with Gasteiger partial charge in [-0.15, -0.1) is 0 Å². The third-order valence-electron chi connectivity index (χ3n) is 8.91. The molecule has 0 bridgehead atoms. The molecule has 0 rings (SSSR count). The highest BCUT2D eigenvalue weighted by Gasteiger charge is 2.39. The second-order valence-electron chi connectivity index (χ2n) is 13.0. The minimum absolute atomic E-state index is 0.664. The molecular formula is C38H77NO4Si. The monoisotopic (exact) mass is 640 g/mol. The van der Waals surface area contributed by atoms with Gasteiger partial charge in [0, 0.05) is 25.9 Å². The molecule has 0 spiro atoms. The summed E-state index contributed by atoms with van der Waals surface area (Å²) in [6, 6.07) is 0.968. The Morgan fingerprint density at radius 1 is 0.386 bits per heavy atom. The van der Waals surface area contributed by atoms with Gasteiger partial charge in [-0.05, 0) is 33.6 Å². The third kappa shape index (κ3) is 31.5. The average molecular weight is 640 g/mol. The molecule has 0 saturated carbocycles. The van der Waals surface area contributed by atoms with Gasteiger partial charge in [0.15, 0.2) is 0 Å². The van der Waals surface area contributed by atoms with E-state index in [-0.39, 0.29) is 0 Å². The van der Waals surface area contributed by atoms with Crippen molar-refractivity contribution >= 4 is 14.9 Å². The van der Waals surface area contributed by atoms with Crippen molar-refractivity contribution in [1.82, 2.24) is 0 Å². The maximum atomic E-state index is 10.0. The first-order valence-electron chi connectivity index (χ1n) is 19.7.